The monoisotopic (exact) mass is 300 g/mol. The van der Waals surface area contributed by atoms with Gasteiger partial charge in [0.1, 0.15) is 5.60 Å². The standard InChI is InChI=1S/C14H25ClN4O/c1-17(2)9-10-19-13(12(15)11-16-19)14(20)5-4-7-18(3)8-6-14/h11,20H,4-10H2,1-3H3. The second kappa shape index (κ2) is 6.43. The second-order valence-corrected chi connectivity index (χ2v) is 6.46. The third-order valence-electron chi connectivity index (χ3n) is 4.03. The van der Waals surface area contributed by atoms with Crippen LogP contribution in [0.5, 0.6) is 0 Å². The molecule has 1 unspecified atom stereocenters. The van der Waals surface area contributed by atoms with E-state index in [-0.39, 0.29) is 0 Å². The fraction of sp³-hybridized carbons (Fsp3) is 0.786. The van der Waals surface area contributed by atoms with Crippen molar-refractivity contribution in [3.63, 3.8) is 0 Å². The molecule has 1 fully saturated rings. The number of likely N-dealkylation sites (tertiary alicyclic amines) is 1. The Morgan fingerprint density at radius 2 is 2.15 bits per heavy atom. The van der Waals surface area contributed by atoms with Crippen LogP contribution in [0, 0.1) is 0 Å². The van der Waals surface area contributed by atoms with Gasteiger partial charge in [-0.3, -0.25) is 4.68 Å². The number of hydrogen-bond donors (Lipinski definition) is 1. The summed E-state index contributed by atoms with van der Waals surface area (Å²) in [6.07, 6.45) is 4.07. The Labute approximate surface area is 126 Å². The maximum Gasteiger partial charge on any atom is 0.109 e. The van der Waals surface area contributed by atoms with Crippen LogP contribution in [0.3, 0.4) is 0 Å². The number of rotatable bonds is 4. The molecule has 0 radical (unpaired) electrons. The first-order chi connectivity index (χ1) is 9.42. The van der Waals surface area contributed by atoms with Crippen LogP contribution in [-0.2, 0) is 12.1 Å². The number of nitrogens with zero attached hydrogens (tertiary/aromatic N) is 4. The summed E-state index contributed by atoms with van der Waals surface area (Å²) in [6, 6.07) is 0. The Hall–Kier alpha value is -0.620. The van der Waals surface area contributed by atoms with Gasteiger partial charge in [0.25, 0.3) is 0 Å². The second-order valence-electron chi connectivity index (χ2n) is 6.06. The van der Waals surface area contributed by atoms with E-state index in [0.29, 0.717) is 11.4 Å². The highest BCUT2D eigenvalue weighted by Crippen LogP contribution is 2.36. The van der Waals surface area contributed by atoms with Gasteiger partial charge in [0.15, 0.2) is 0 Å². The van der Waals surface area contributed by atoms with Crippen molar-refractivity contribution in [2.24, 2.45) is 0 Å². The molecule has 0 bridgehead atoms. The molecule has 1 N–H and O–H groups in total. The minimum absolute atomic E-state index is 0.579. The fourth-order valence-corrected chi connectivity index (χ4v) is 3.10. The van der Waals surface area contributed by atoms with E-state index in [4.69, 9.17) is 11.6 Å². The van der Waals surface area contributed by atoms with E-state index in [1.165, 1.54) is 0 Å². The molecular weight excluding hydrogens is 276 g/mol. The topological polar surface area (TPSA) is 44.5 Å². The first-order valence-corrected chi connectivity index (χ1v) is 7.57. The Kier molecular flexibility index (Phi) is 5.07. The molecule has 1 aliphatic heterocycles. The van der Waals surface area contributed by atoms with Crippen molar-refractivity contribution >= 4 is 11.6 Å². The highest BCUT2D eigenvalue weighted by molar-refractivity contribution is 6.31. The molecule has 1 saturated heterocycles. The van der Waals surface area contributed by atoms with Crippen molar-refractivity contribution in [2.45, 2.75) is 31.4 Å². The molecule has 6 heteroatoms. The number of hydrogen-bond acceptors (Lipinski definition) is 4. The predicted molar refractivity (Wildman–Crippen MR) is 81.0 cm³/mol. The summed E-state index contributed by atoms with van der Waals surface area (Å²) in [6.45, 7) is 3.52. The highest BCUT2D eigenvalue weighted by atomic mass is 35.5. The van der Waals surface area contributed by atoms with E-state index >= 15 is 0 Å². The van der Waals surface area contributed by atoms with Crippen LogP contribution >= 0.6 is 11.6 Å². The van der Waals surface area contributed by atoms with Crippen LogP contribution in [-0.4, -0.2) is 65.5 Å². The van der Waals surface area contributed by atoms with E-state index in [9.17, 15) is 5.11 Å². The summed E-state index contributed by atoms with van der Waals surface area (Å²) in [7, 11) is 6.15. The first kappa shape index (κ1) is 15.8. The van der Waals surface area contributed by atoms with Crippen LogP contribution in [0.2, 0.25) is 5.02 Å². The maximum absolute atomic E-state index is 11.1. The molecule has 114 valence electrons. The zero-order valence-electron chi connectivity index (χ0n) is 12.6. The van der Waals surface area contributed by atoms with Gasteiger partial charge in [-0.1, -0.05) is 11.6 Å². The third-order valence-corrected chi connectivity index (χ3v) is 4.31. The Morgan fingerprint density at radius 3 is 2.85 bits per heavy atom. The van der Waals surface area contributed by atoms with E-state index in [1.807, 2.05) is 18.8 Å². The van der Waals surface area contributed by atoms with Crippen molar-refractivity contribution < 1.29 is 5.11 Å². The summed E-state index contributed by atoms with van der Waals surface area (Å²) < 4.78 is 1.87. The van der Waals surface area contributed by atoms with Crippen LogP contribution < -0.4 is 0 Å². The zero-order valence-corrected chi connectivity index (χ0v) is 13.4. The molecule has 20 heavy (non-hydrogen) atoms. The molecule has 1 aliphatic rings. The molecule has 0 amide bonds. The summed E-state index contributed by atoms with van der Waals surface area (Å²) in [5.74, 6) is 0. The van der Waals surface area contributed by atoms with Gasteiger partial charge in [-0.25, -0.2) is 0 Å². The summed E-state index contributed by atoms with van der Waals surface area (Å²) in [5, 5.41) is 16.0. The van der Waals surface area contributed by atoms with Crippen molar-refractivity contribution in [1.29, 1.82) is 0 Å². The molecule has 0 aliphatic carbocycles. The van der Waals surface area contributed by atoms with Crippen LogP contribution in [0.1, 0.15) is 25.0 Å². The normalized spacial score (nSPS) is 25.1. The number of halogens is 1. The van der Waals surface area contributed by atoms with Gasteiger partial charge < -0.3 is 14.9 Å². The average molecular weight is 301 g/mol. The van der Waals surface area contributed by atoms with Gasteiger partial charge in [0, 0.05) is 13.1 Å². The van der Waals surface area contributed by atoms with E-state index in [1.54, 1.807) is 6.20 Å². The quantitative estimate of drug-likeness (QED) is 0.913. The molecule has 0 aromatic carbocycles. The lowest BCUT2D eigenvalue weighted by molar-refractivity contribution is 0.0128. The lowest BCUT2D eigenvalue weighted by Gasteiger charge is -2.28. The third kappa shape index (κ3) is 3.52. The highest BCUT2D eigenvalue weighted by Gasteiger charge is 2.36. The zero-order chi connectivity index (χ0) is 14.8. The Bertz CT molecular complexity index is 448. The van der Waals surface area contributed by atoms with Gasteiger partial charge in [0.2, 0.25) is 0 Å². The van der Waals surface area contributed by atoms with Crippen molar-refractivity contribution in [2.75, 3.05) is 40.8 Å². The first-order valence-electron chi connectivity index (χ1n) is 7.20. The van der Waals surface area contributed by atoms with E-state index in [2.05, 4.69) is 21.9 Å². The number of likely N-dealkylation sites (N-methyl/N-ethyl adjacent to an activating group) is 1. The predicted octanol–water partition coefficient (Wildman–Crippen LogP) is 1.40. The summed E-state index contributed by atoms with van der Waals surface area (Å²) >= 11 is 6.30. The fourth-order valence-electron chi connectivity index (χ4n) is 2.78. The molecule has 1 atom stereocenters. The molecule has 1 aromatic heterocycles. The van der Waals surface area contributed by atoms with E-state index < -0.39 is 5.60 Å². The van der Waals surface area contributed by atoms with Crippen LogP contribution in [0.4, 0.5) is 0 Å². The lowest BCUT2D eigenvalue weighted by Crippen LogP contribution is -2.32. The van der Waals surface area contributed by atoms with E-state index in [0.717, 1.165) is 44.7 Å². The molecule has 2 heterocycles. The SMILES string of the molecule is CN(C)CCn1ncc(Cl)c1C1(O)CCCN(C)CC1. The number of aromatic nitrogens is 2. The molecule has 1 aromatic rings. The molecule has 5 nitrogen and oxygen atoms in total. The summed E-state index contributed by atoms with van der Waals surface area (Å²) in [5.41, 5.74) is -0.0682. The molecule has 2 rings (SSSR count). The minimum Gasteiger partial charge on any atom is -0.383 e. The molecule has 0 saturated carbocycles. The van der Waals surface area contributed by atoms with Crippen molar-refractivity contribution in [3.05, 3.63) is 16.9 Å². The number of aliphatic hydroxyl groups is 1. The summed E-state index contributed by atoms with van der Waals surface area (Å²) in [4.78, 5) is 4.36. The van der Waals surface area contributed by atoms with Crippen LogP contribution in [0.15, 0.2) is 6.20 Å². The van der Waals surface area contributed by atoms with Crippen molar-refractivity contribution in [3.8, 4) is 0 Å². The van der Waals surface area contributed by atoms with Gasteiger partial charge in [-0.2, -0.15) is 5.10 Å². The van der Waals surface area contributed by atoms with Crippen LogP contribution in [0.25, 0.3) is 0 Å². The van der Waals surface area contributed by atoms with Gasteiger partial charge in [-0.15, -0.1) is 0 Å². The maximum atomic E-state index is 11.1. The largest absolute Gasteiger partial charge is 0.383 e. The minimum atomic E-state index is -0.856. The lowest BCUT2D eigenvalue weighted by atomic mass is 9.91. The average Bonchev–Trinajstić information content (AvgIpc) is 2.67. The molecule has 0 spiro atoms. The Morgan fingerprint density at radius 1 is 1.40 bits per heavy atom. The van der Waals surface area contributed by atoms with Gasteiger partial charge in [-0.05, 0) is 47.0 Å². The Balaban J connectivity index is 2.23. The van der Waals surface area contributed by atoms with Crippen molar-refractivity contribution in [1.82, 2.24) is 19.6 Å². The molecular formula is C14H25ClN4O. The smallest absolute Gasteiger partial charge is 0.109 e. The van der Waals surface area contributed by atoms with Gasteiger partial charge >= 0.3 is 0 Å². The van der Waals surface area contributed by atoms with Gasteiger partial charge in [0.05, 0.1) is 23.5 Å².